The highest BCUT2D eigenvalue weighted by molar-refractivity contribution is 6.04. The second kappa shape index (κ2) is 9.37. The number of benzene rings is 1. The lowest BCUT2D eigenvalue weighted by Gasteiger charge is -2.36. The molecule has 1 aromatic heterocycles. The van der Waals surface area contributed by atoms with E-state index < -0.39 is 0 Å². The molecule has 1 aromatic carbocycles. The van der Waals surface area contributed by atoms with Crippen molar-refractivity contribution in [2.45, 2.75) is 46.6 Å². The van der Waals surface area contributed by atoms with Crippen molar-refractivity contribution < 1.29 is 9.59 Å². The summed E-state index contributed by atoms with van der Waals surface area (Å²) < 4.78 is 0. The molecule has 1 fully saturated rings. The molecule has 0 bridgehead atoms. The molecule has 3 rings (SSSR count). The highest BCUT2D eigenvalue weighted by atomic mass is 16.2. The van der Waals surface area contributed by atoms with Gasteiger partial charge < -0.3 is 20.4 Å². The summed E-state index contributed by atoms with van der Waals surface area (Å²) >= 11 is 0. The molecule has 0 radical (unpaired) electrons. The minimum absolute atomic E-state index is 0.0329. The normalized spacial score (nSPS) is 14.4. The molecular weight excluding hydrogens is 390 g/mol. The Morgan fingerprint density at radius 3 is 2.35 bits per heavy atom. The first-order valence-corrected chi connectivity index (χ1v) is 10.9. The third kappa shape index (κ3) is 5.96. The van der Waals surface area contributed by atoms with Gasteiger partial charge in [0.15, 0.2) is 0 Å². The van der Waals surface area contributed by atoms with E-state index >= 15 is 0 Å². The van der Waals surface area contributed by atoms with Gasteiger partial charge in [-0.25, -0.2) is 9.78 Å². The van der Waals surface area contributed by atoms with Gasteiger partial charge in [-0.2, -0.15) is 0 Å². The highest BCUT2D eigenvalue weighted by Gasteiger charge is 2.24. The van der Waals surface area contributed by atoms with E-state index in [4.69, 9.17) is 0 Å². The summed E-state index contributed by atoms with van der Waals surface area (Å²) in [5.74, 6) is 0.643. The molecule has 2 N–H and O–H groups in total. The standard InChI is InChI=1S/C24H33N5O2/c1-6-18-15-20(9-7-17(18)2)26-22(30)19-8-10-21(25-16-19)28-11-13-29(14-12-28)23(31)27-24(3,4)5/h7-10,15-16H,6,11-14H2,1-5H3,(H,26,30)(H,27,31). The van der Waals surface area contributed by atoms with Gasteiger partial charge in [-0.15, -0.1) is 0 Å². The number of carbonyl (C=O) groups is 2. The van der Waals surface area contributed by atoms with Crippen LogP contribution in [0.15, 0.2) is 36.5 Å². The van der Waals surface area contributed by atoms with E-state index in [1.165, 1.54) is 11.1 Å². The lowest BCUT2D eigenvalue weighted by Crippen LogP contribution is -2.55. The number of rotatable bonds is 4. The molecular formula is C24H33N5O2. The number of nitrogens with one attached hydrogen (secondary N) is 2. The molecule has 0 spiro atoms. The summed E-state index contributed by atoms with van der Waals surface area (Å²) in [6.45, 7) is 12.8. The number of aryl methyl sites for hydroxylation is 2. The molecule has 1 aliphatic rings. The van der Waals surface area contributed by atoms with Crippen LogP contribution in [0.1, 0.15) is 49.2 Å². The van der Waals surface area contributed by atoms with Gasteiger partial charge in [-0.05, 0) is 69.5 Å². The Bertz CT molecular complexity index is 926. The lowest BCUT2D eigenvalue weighted by molar-refractivity contribution is 0.102. The van der Waals surface area contributed by atoms with Crippen LogP contribution in [0.3, 0.4) is 0 Å². The molecule has 7 nitrogen and oxygen atoms in total. The van der Waals surface area contributed by atoms with E-state index in [0.717, 1.165) is 17.9 Å². The van der Waals surface area contributed by atoms with Crippen LogP contribution in [0.4, 0.5) is 16.3 Å². The fraction of sp³-hybridized carbons (Fsp3) is 0.458. The molecule has 1 saturated heterocycles. The summed E-state index contributed by atoms with van der Waals surface area (Å²) in [4.78, 5) is 33.4. The number of hydrogen-bond acceptors (Lipinski definition) is 4. The van der Waals surface area contributed by atoms with Crippen LogP contribution < -0.4 is 15.5 Å². The molecule has 166 valence electrons. The number of hydrogen-bond donors (Lipinski definition) is 2. The Kier molecular flexibility index (Phi) is 6.83. The smallest absolute Gasteiger partial charge is 0.317 e. The van der Waals surface area contributed by atoms with E-state index in [0.29, 0.717) is 31.7 Å². The molecule has 31 heavy (non-hydrogen) atoms. The van der Waals surface area contributed by atoms with Gasteiger partial charge in [0.05, 0.1) is 5.56 Å². The Morgan fingerprint density at radius 1 is 1.06 bits per heavy atom. The maximum Gasteiger partial charge on any atom is 0.317 e. The maximum absolute atomic E-state index is 12.6. The zero-order valence-electron chi connectivity index (χ0n) is 19.2. The van der Waals surface area contributed by atoms with Crippen LogP contribution in [-0.2, 0) is 6.42 Å². The molecule has 1 aliphatic heterocycles. The highest BCUT2D eigenvalue weighted by Crippen LogP contribution is 2.18. The van der Waals surface area contributed by atoms with Crippen molar-refractivity contribution >= 4 is 23.4 Å². The van der Waals surface area contributed by atoms with Gasteiger partial charge in [-0.1, -0.05) is 13.0 Å². The predicted molar refractivity (Wildman–Crippen MR) is 125 cm³/mol. The topological polar surface area (TPSA) is 77.6 Å². The molecule has 0 unspecified atom stereocenters. The monoisotopic (exact) mass is 423 g/mol. The number of piperazine rings is 1. The summed E-state index contributed by atoms with van der Waals surface area (Å²) in [6.07, 6.45) is 2.54. The number of carbonyl (C=O) groups excluding carboxylic acids is 2. The van der Waals surface area contributed by atoms with E-state index in [1.807, 2.05) is 49.9 Å². The second-order valence-electron chi connectivity index (χ2n) is 9.01. The first kappa shape index (κ1) is 22.6. The van der Waals surface area contributed by atoms with Crippen LogP contribution in [0.25, 0.3) is 0 Å². The molecule has 0 atom stereocenters. The summed E-state index contributed by atoms with van der Waals surface area (Å²) in [5.41, 5.74) is 3.51. The van der Waals surface area contributed by atoms with Crippen molar-refractivity contribution in [2.24, 2.45) is 0 Å². The maximum atomic E-state index is 12.6. The number of urea groups is 1. The number of aromatic nitrogens is 1. The van der Waals surface area contributed by atoms with Crippen molar-refractivity contribution in [3.63, 3.8) is 0 Å². The first-order valence-electron chi connectivity index (χ1n) is 10.9. The third-order valence-electron chi connectivity index (χ3n) is 5.37. The number of nitrogens with zero attached hydrogens (tertiary/aromatic N) is 3. The van der Waals surface area contributed by atoms with Crippen LogP contribution in [0.5, 0.6) is 0 Å². The van der Waals surface area contributed by atoms with Gasteiger partial charge in [0.2, 0.25) is 0 Å². The minimum atomic E-state index is -0.247. The van der Waals surface area contributed by atoms with E-state index in [1.54, 1.807) is 12.3 Å². The van der Waals surface area contributed by atoms with E-state index in [-0.39, 0.29) is 17.5 Å². The average molecular weight is 424 g/mol. The van der Waals surface area contributed by atoms with Crippen molar-refractivity contribution in [3.05, 3.63) is 53.2 Å². The van der Waals surface area contributed by atoms with Crippen molar-refractivity contribution in [1.82, 2.24) is 15.2 Å². The Morgan fingerprint density at radius 2 is 1.77 bits per heavy atom. The van der Waals surface area contributed by atoms with E-state index in [2.05, 4.69) is 34.4 Å². The van der Waals surface area contributed by atoms with E-state index in [9.17, 15) is 9.59 Å². The molecule has 0 saturated carbocycles. The first-order chi connectivity index (χ1) is 14.7. The van der Waals surface area contributed by atoms with Gasteiger partial charge in [0, 0.05) is 43.6 Å². The quantitative estimate of drug-likeness (QED) is 0.783. The summed E-state index contributed by atoms with van der Waals surface area (Å²) in [5, 5.41) is 5.95. The zero-order valence-corrected chi connectivity index (χ0v) is 19.2. The average Bonchev–Trinajstić information content (AvgIpc) is 2.74. The van der Waals surface area contributed by atoms with Gasteiger partial charge >= 0.3 is 6.03 Å². The van der Waals surface area contributed by atoms with Gasteiger partial charge in [-0.3, -0.25) is 4.79 Å². The Balaban J connectivity index is 1.57. The molecule has 3 amide bonds. The van der Waals surface area contributed by atoms with Crippen LogP contribution in [-0.4, -0.2) is 53.5 Å². The minimum Gasteiger partial charge on any atom is -0.353 e. The largest absolute Gasteiger partial charge is 0.353 e. The second-order valence-corrected chi connectivity index (χ2v) is 9.01. The van der Waals surface area contributed by atoms with Crippen molar-refractivity contribution in [1.29, 1.82) is 0 Å². The lowest BCUT2D eigenvalue weighted by atomic mass is 10.1. The van der Waals surface area contributed by atoms with Crippen molar-refractivity contribution in [2.75, 3.05) is 36.4 Å². The number of amides is 3. The predicted octanol–water partition coefficient (Wildman–Crippen LogP) is 3.83. The fourth-order valence-corrected chi connectivity index (χ4v) is 3.58. The van der Waals surface area contributed by atoms with Crippen LogP contribution >= 0.6 is 0 Å². The van der Waals surface area contributed by atoms with Gasteiger partial charge in [0.1, 0.15) is 5.82 Å². The fourth-order valence-electron chi connectivity index (χ4n) is 3.58. The summed E-state index contributed by atoms with van der Waals surface area (Å²) in [7, 11) is 0. The molecule has 7 heteroatoms. The van der Waals surface area contributed by atoms with Crippen molar-refractivity contribution in [3.8, 4) is 0 Å². The third-order valence-corrected chi connectivity index (χ3v) is 5.37. The zero-order chi connectivity index (χ0) is 22.6. The Labute approximate surface area is 184 Å². The van der Waals surface area contributed by atoms with Gasteiger partial charge in [0.25, 0.3) is 5.91 Å². The number of pyridine rings is 1. The summed E-state index contributed by atoms with van der Waals surface area (Å²) in [6, 6.07) is 9.59. The Hall–Kier alpha value is -3.09. The number of anilines is 2. The molecule has 2 aromatic rings. The molecule has 2 heterocycles. The van der Waals surface area contributed by atoms with Crippen LogP contribution in [0.2, 0.25) is 0 Å². The molecule has 0 aliphatic carbocycles. The van der Waals surface area contributed by atoms with Crippen LogP contribution in [0, 0.1) is 6.92 Å². The SMILES string of the molecule is CCc1cc(NC(=O)c2ccc(N3CCN(C(=O)NC(C)(C)C)CC3)nc2)ccc1C.